The molecule has 0 saturated carbocycles. The van der Waals surface area contributed by atoms with Gasteiger partial charge in [0.25, 0.3) is 5.91 Å². The molecular formula is C17H17NO4S. The highest BCUT2D eigenvalue weighted by atomic mass is 32.1. The molecule has 0 bridgehead atoms. The highest BCUT2D eigenvalue weighted by Crippen LogP contribution is 2.26. The van der Waals surface area contributed by atoms with Crippen molar-refractivity contribution < 1.29 is 19.4 Å². The lowest BCUT2D eigenvalue weighted by molar-refractivity contribution is 0.0696. The molecule has 0 saturated heterocycles. The number of carbonyl (C=O) groups is 2. The first-order valence-electron chi connectivity index (χ1n) is 7.43. The van der Waals surface area contributed by atoms with Gasteiger partial charge in [-0.3, -0.25) is 4.79 Å². The van der Waals surface area contributed by atoms with Crippen LogP contribution in [0.25, 0.3) is 0 Å². The molecule has 3 rings (SSSR count). The molecule has 1 amide bonds. The Kier molecular flexibility index (Phi) is 4.73. The second-order valence-electron chi connectivity index (χ2n) is 5.37. The van der Waals surface area contributed by atoms with E-state index in [0.29, 0.717) is 19.6 Å². The van der Waals surface area contributed by atoms with Crippen molar-refractivity contribution in [2.75, 3.05) is 13.2 Å². The van der Waals surface area contributed by atoms with Gasteiger partial charge in [0, 0.05) is 17.8 Å². The monoisotopic (exact) mass is 331 g/mol. The van der Waals surface area contributed by atoms with Crippen molar-refractivity contribution in [2.24, 2.45) is 0 Å². The molecular weight excluding hydrogens is 314 g/mol. The fourth-order valence-corrected chi connectivity index (χ4v) is 3.55. The first-order chi connectivity index (χ1) is 11.1. The van der Waals surface area contributed by atoms with Gasteiger partial charge in [-0.1, -0.05) is 12.1 Å². The van der Waals surface area contributed by atoms with Crippen LogP contribution < -0.4 is 5.32 Å². The quantitative estimate of drug-likeness (QED) is 0.882. The molecule has 6 heteroatoms. The first-order valence-corrected chi connectivity index (χ1v) is 8.25. The zero-order valence-corrected chi connectivity index (χ0v) is 13.3. The van der Waals surface area contributed by atoms with Crippen molar-refractivity contribution >= 4 is 23.2 Å². The van der Waals surface area contributed by atoms with E-state index in [2.05, 4.69) is 5.32 Å². The van der Waals surface area contributed by atoms with E-state index in [-0.39, 0.29) is 11.5 Å². The van der Waals surface area contributed by atoms with Crippen LogP contribution in [0.2, 0.25) is 0 Å². The Balaban J connectivity index is 1.52. The maximum atomic E-state index is 12.2. The zero-order chi connectivity index (χ0) is 16.2. The zero-order valence-electron chi connectivity index (χ0n) is 12.5. The number of amides is 1. The minimum Gasteiger partial charge on any atom is -0.478 e. The SMILES string of the molecule is O=C(O)c1ccc(CCNC(=O)c2cc3c(s2)CCOC3)cc1. The minimum absolute atomic E-state index is 0.0634. The predicted molar refractivity (Wildman–Crippen MR) is 87.1 cm³/mol. The summed E-state index contributed by atoms with van der Waals surface area (Å²) in [5.41, 5.74) is 2.38. The fraction of sp³-hybridized carbons (Fsp3) is 0.294. The summed E-state index contributed by atoms with van der Waals surface area (Å²) < 4.78 is 5.39. The van der Waals surface area contributed by atoms with Crippen LogP contribution in [0.3, 0.4) is 0 Å². The number of ether oxygens (including phenoxy) is 1. The highest BCUT2D eigenvalue weighted by Gasteiger charge is 2.17. The minimum atomic E-state index is -0.935. The lowest BCUT2D eigenvalue weighted by Gasteiger charge is -2.10. The van der Waals surface area contributed by atoms with Crippen molar-refractivity contribution in [3.63, 3.8) is 0 Å². The van der Waals surface area contributed by atoms with Crippen molar-refractivity contribution in [3.8, 4) is 0 Å². The van der Waals surface area contributed by atoms with Crippen molar-refractivity contribution in [1.82, 2.24) is 5.32 Å². The summed E-state index contributed by atoms with van der Waals surface area (Å²) in [6, 6.07) is 8.61. The molecule has 0 aliphatic carbocycles. The van der Waals surface area contributed by atoms with E-state index >= 15 is 0 Å². The van der Waals surface area contributed by atoms with Gasteiger partial charge >= 0.3 is 5.97 Å². The molecule has 0 atom stereocenters. The Morgan fingerprint density at radius 3 is 2.74 bits per heavy atom. The molecule has 2 N–H and O–H groups in total. The van der Waals surface area contributed by atoms with E-state index < -0.39 is 5.97 Å². The molecule has 0 radical (unpaired) electrons. The Morgan fingerprint density at radius 1 is 1.26 bits per heavy atom. The van der Waals surface area contributed by atoms with E-state index in [0.717, 1.165) is 29.0 Å². The second kappa shape index (κ2) is 6.93. The summed E-state index contributed by atoms with van der Waals surface area (Å²) >= 11 is 1.54. The van der Waals surface area contributed by atoms with E-state index in [1.165, 1.54) is 16.2 Å². The van der Waals surface area contributed by atoms with Crippen LogP contribution in [-0.4, -0.2) is 30.1 Å². The smallest absolute Gasteiger partial charge is 0.335 e. The third-order valence-electron chi connectivity index (χ3n) is 3.75. The van der Waals surface area contributed by atoms with Crippen molar-refractivity contribution in [2.45, 2.75) is 19.4 Å². The molecule has 2 aromatic rings. The molecule has 0 unspecified atom stereocenters. The predicted octanol–water partition coefficient (Wildman–Crippen LogP) is 2.49. The molecule has 1 aromatic heterocycles. The molecule has 23 heavy (non-hydrogen) atoms. The van der Waals surface area contributed by atoms with Gasteiger partial charge in [0.2, 0.25) is 0 Å². The van der Waals surface area contributed by atoms with Gasteiger partial charge in [-0.15, -0.1) is 11.3 Å². The molecule has 0 fully saturated rings. The number of carboxylic acids is 1. The molecule has 1 aliphatic rings. The van der Waals surface area contributed by atoms with E-state index in [1.807, 2.05) is 6.07 Å². The number of carbonyl (C=O) groups excluding carboxylic acids is 1. The summed E-state index contributed by atoms with van der Waals surface area (Å²) in [4.78, 5) is 24.9. The average Bonchev–Trinajstić information content (AvgIpc) is 2.99. The number of rotatable bonds is 5. The summed E-state index contributed by atoms with van der Waals surface area (Å²) in [6.07, 6.45) is 1.54. The first kappa shape index (κ1) is 15.7. The maximum absolute atomic E-state index is 12.2. The number of thiophene rings is 1. The fourth-order valence-electron chi connectivity index (χ4n) is 2.48. The van der Waals surface area contributed by atoms with Crippen LogP contribution in [0.15, 0.2) is 30.3 Å². The molecule has 5 nitrogen and oxygen atoms in total. The lowest BCUT2D eigenvalue weighted by Crippen LogP contribution is -2.24. The normalized spacial score (nSPS) is 13.4. The topological polar surface area (TPSA) is 75.6 Å². The number of benzene rings is 1. The summed E-state index contributed by atoms with van der Waals surface area (Å²) in [6.45, 7) is 1.83. The van der Waals surface area contributed by atoms with Crippen molar-refractivity contribution in [1.29, 1.82) is 0 Å². The van der Waals surface area contributed by atoms with Gasteiger partial charge in [0.15, 0.2) is 0 Å². The summed E-state index contributed by atoms with van der Waals surface area (Å²) in [7, 11) is 0. The Bertz CT molecular complexity index is 697. The summed E-state index contributed by atoms with van der Waals surface area (Å²) in [5, 5.41) is 11.8. The van der Waals surface area contributed by atoms with Crippen LogP contribution in [0.5, 0.6) is 0 Å². The van der Waals surface area contributed by atoms with Gasteiger partial charge < -0.3 is 15.2 Å². The Labute approximate surface area is 137 Å². The van der Waals surface area contributed by atoms with Gasteiger partial charge in [-0.25, -0.2) is 4.79 Å². The van der Waals surface area contributed by atoms with Crippen LogP contribution in [0.4, 0.5) is 0 Å². The third-order valence-corrected chi connectivity index (χ3v) is 4.99. The number of carboxylic acid groups (broad SMARTS) is 1. The van der Waals surface area contributed by atoms with Gasteiger partial charge in [0.1, 0.15) is 0 Å². The molecule has 0 spiro atoms. The van der Waals surface area contributed by atoms with Crippen molar-refractivity contribution in [3.05, 3.63) is 56.8 Å². The van der Waals surface area contributed by atoms with Crippen LogP contribution in [-0.2, 0) is 24.2 Å². The lowest BCUT2D eigenvalue weighted by atomic mass is 10.1. The van der Waals surface area contributed by atoms with E-state index in [1.54, 1.807) is 24.3 Å². The number of hydrogen-bond acceptors (Lipinski definition) is 4. The molecule has 1 aromatic carbocycles. The van der Waals surface area contributed by atoms with Crippen LogP contribution >= 0.6 is 11.3 Å². The number of aromatic carboxylic acids is 1. The average molecular weight is 331 g/mol. The number of fused-ring (bicyclic) bond motifs is 1. The maximum Gasteiger partial charge on any atom is 0.335 e. The standard InChI is InChI=1S/C17H17NO4S/c19-16(15-9-13-10-22-8-6-14(13)23-15)18-7-5-11-1-3-12(4-2-11)17(20)21/h1-4,9H,5-8,10H2,(H,18,19)(H,20,21). The Hall–Kier alpha value is -2.18. The van der Waals surface area contributed by atoms with E-state index in [4.69, 9.17) is 9.84 Å². The second-order valence-corrected chi connectivity index (χ2v) is 6.51. The number of hydrogen-bond donors (Lipinski definition) is 2. The molecule has 2 heterocycles. The van der Waals surface area contributed by atoms with E-state index in [9.17, 15) is 9.59 Å². The molecule has 120 valence electrons. The number of nitrogens with one attached hydrogen (secondary N) is 1. The largest absolute Gasteiger partial charge is 0.478 e. The van der Waals surface area contributed by atoms with Gasteiger partial charge in [0.05, 0.1) is 23.7 Å². The van der Waals surface area contributed by atoms with Crippen LogP contribution in [0, 0.1) is 0 Å². The molecule has 1 aliphatic heterocycles. The highest BCUT2D eigenvalue weighted by molar-refractivity contribution is 7.14. The Morgan fingerprint density at radius 2 is 2.04 bits per heavy atom. The van der Waals surface area contributed by atoms with Gasteiger partial charge in [-0.2, -0.15) is 0 Å². The summed E-state index contributed by atoms with van der Waals surface area (Å²) in [5.74, 6) is -0.998. The van der Waals surface area contributed by atoms with Gasteiger partial charge in [-0.05, 0) is 35.7 Å². The third kappa shape index (κ3) is 3.78. The van der Waals surface area contributed by atoms with Crippen LogP contribution in [0.1, 0.15) is 36.0 Å².